The minimum atomic E-state index is -0.0796. The number of hydrogen-bond acceptors (Lipinski definition) is 2. The van der Waals surface area contributed by atoms with Crippen molar-refractivity contribution >= 4 is 5.91 Å². The fourth-order valence-corrected chi connectivity index (χ4v) is 1.58. The van der Waals surface area contributed by atoms with E-state index in [4.69, 9.17) is 5.11 Å². The zero-order valence-electron chi connectivity index (χ0n) is 10.2. The average Bonchev–Trinajstić information content (AvgIpc) is 2.31. The number of hydrogen-bond donors (Lipinski definition) is 2. The minimum absolute atomic E-state index is 0.0796. The van der Waals surface area contributed by atoms with Crippen molar-refractivity contribution in [2.24, 2.45) is 0 Å². The van der Waals surface area contributed by atoms with Crippen molar-refractivity contribution in [3.63, 3.8) is 0 Å². The van der Waals surface area contributed by atoms with Crippen molar-refractivity contribution in [3.8, 4) is 0 Å². The van der Waals surface area contributed by atoms with Crippen LogP contribution in [0.3, 0.4) is 0 Å². The largest absolute Gasteiger partial charge is 0.396 e. The second kappa shape index (κ2) is 12.2. The fourth-order valence-electron chi connectivity index (χ4n) is 1.58. The zero-order chi connectivity index (χ0) is 12.1. The third kappa shape index (κ3) is 11.2. The maximum atomic E-state index is 10.8. The molecule has 0 bridgehead atoms. The van der Waals surface area contributed by atoms with Crippen molar-refractivity contribution in [2.75, 3.05) is 13.2 Å². The highest BCUT2D eigenvalue weighted by atomic mass is 16.2. The molecule has 3 heteroatoms. The van der Waals surface area contributed by atoms with E-state index in [1.807, 2.05) is 0 Å². The highest BCUT2D eigenvalue weighted by Crippen LogP contribution is 2.07. The molecule has 0 spiro atoms. The van der Waals surface area contributed by atoms with Gasteiger partial charge in [0, 0.05) is 13.2 Å². The van der Waals surface area contributed by atoms with Gasteiger partial charge in [0.15, 0.2) is 0 Å². The Labute approximate surface area is 98.9 Å². The van der Waals surface area contributed by atoms with Crippen LogP contribution >= 0.6 is 0 Å². The second-order valence-corrected chi connectivity index (χ2v) is 4.05. The maximum absolute atomic E-state index is 10.8. The SMILES string of the molecule is C=CC(=O)NCCCCCCCCCCO. The van der Waals surface area contributed by atoms with Gasteiger partial charge in [-0.3, -0.25) is 4.79 Å². The molecule has 0 heterocycles. The van der Waals surface area contributed by atoms with Gasteiger partial charge < -0.3 is 10.4 Å². The van der Waals surface area contributed by atoms with Crippen LogP contribution in [0.2, 0.25) is 0 Å². The quantitative estimate of drug-likeness (QED) is 0.420. The van der Waals surface area contributed by atoms with Gasteiger partial charge in [0.05, 0.1) is 0 Å². The molecule has 0 saturated carbocycles. The molecule has 0 atom stereocenters. The smallest absolute Gasteiger partial charge is 0.243 e. The lowest BCUT2D eigenvalue weighted by atomic mass is 10.1. The number of rotatable bonds is 11. The average molecular weight is 227 g/mol. The molecule has 0 unspecified atom stereocenters. The van der Waals surface area contributed by atoms with Gasteiger partial charge in [-0.2, -0.15) is 0 Å². The molecule has 0 aromatic rings. The number of aliphatic hydroxyl groups is 1. The lowest BCUT2D eigenvalue weighted by Gasteiger charge is -2.02. The standard InChI is InChI=1S/C13H25NO2/c1-2-13(16)14-11-9-7-5-3-4-6-8-10-12-15/h2,15H,1,3-12H2,(H,14,16). The molecule has 0 aliphatic heterocycles. The van der Waals surface area contributed by atoms with E-state index >= 15 is 0 Å². The van der Waals surface area contributed by atoms with Crippen LogP contribution in [0.25, 0.3) is 0 Å². The summed E-state index contributed by atoms with van der Waals surface area (Å²) in [5, 5.41) is 11.4. The molecule has 0 aliphatic rings. The van der Waals surface area contributed by atoms with Crippen molar-refractivity contribution in [1.82, 2.24) is 5.32 Å². The van der Waals surface area contributed by atoms with Gasteiger partial charge in [0.1, 0.15) is 0 Å². The molecule has 0 aliphatic carbocycles. The molecule has 94 valence electrons. The van der Waals surface area contributed by atoms with Crippen LogP contribution in [0.1, 0.15) is 51.4 Å². The number of carbonyl (C=O) groups excluding carboxylic acids is 1. The topological polar surface area (TPSA) is 49.3 Å². The van der Waals surface area contributed by atoms with E-state index in [-0.39, 0.29) is 5.91 Å². The first kappa shape index (κ1) is 15.2. The summed E-state index contributed by atoms with van der Waals surface area (Å²) in [5.74, 6) is -0.0796. The molecule has 0 aromatic carbocycles. The lowest BCUT2D eigenvalue weighted by molar-refractivity contribution is -0.116. The number of unbranched alkanes of at least 4 members (excludes halogenated alkanes) is 7. The molecule has 0 saturated heterocycles. The molecule has 16 heavy (non-hydrogen) atoms. The number of amides is 1. The first-order valence-corrected chi connectivity index (χ1v) is 6.32. The Balaban J connectivity index is 2.98. The third-order valence-electron chi connectivity index (χ3n) is 2.57. The fraction of sp³-hybridized carbons (Fsp3) is 0.769. The van der Waals surface area contributed by atoms with Gasteiger partial charge in [-0.15, -0.1) is 0 Å². The molecule has 1 amide bonds. The van der Waals surface area contributed by atoms with Crippen LogP contribution in [0.4, 0.5) is 0 Å². The zero-order valence-corrected chi connectivity index (χ0v) is 10.2. The number of carbonyl (C=O) groups is 1. The Morgan fingerprint density at radius 3 is 2.00 bits per heavy atom. The monoisotopic (exact) mass is 227 g/mol. The number of aliphatic hydroxyl groups excluding tert-OH is 1. The first-order chi connectivity index (χ1) is 7.81. The summed E-state index contributed by atoms with van der Waals surface area (Å²) in [5.41, 5.74) is 0. The van der Waals surface area contributed by atoms with Crippen molar-refractivity contribution in [1.29, 1.82) is 0 Å². The highest BCUT2D eigenvalue weighted by molar-refractivity contribution is 5.86. The van der Waals surface area contributed by atoms with Crippen molar-refractivity contribution < 1.29 is 9.90 Å². The van der Waals surface area contributed by atoms with Crippen LogP contribution < -0.4 is 5.32 Å². The summed E-state index contributed by atoms with van der Waals surface area (Å²) in [6, 6.07) is 0. The molecule has 2 N–H and O–H groups in total. The summed E-state index contributed by atoms with van der Waals surface area (Å²) >= 11 is 0. The van der Waals surface area contributed by atoms with Crippen LogP contribution in [0.15, 0.2) is 12.7 Å². The van der Waals surface area contributed by atoms with Crippen LogP contribution in [0, 0.1) is 0 Å². The summed E-state index contributed by atoms with van der Waals surface area (Å²) < 4.78 is 0. The molecule has 0 rings (SSSR count). The van der Waals surface area contributed by atoms with Crippen molar-refractivity contribution in [3.05, 3.63) is 12.7 Å². The van der Waals surface area contributed by atoms with Crippen molar-refractivity contribution in [2.45, 2.75) is 51.4 Å². The summed E-state index contributed by atoms with van der Waals surface area (Å²) in [6.07, 6.45) is 10.6. The molecule has 0 radical (unpaired) electrons. The van der Waals surface area contributed by atoms with Gasteiger partial charge in [-0.05, 0) is 18.9 Å². The highest BCUT2D eigenvalue weighted by Gasteiger charge is 1.94. The Morgan fingerprint density at radius 2 is 1.50 bits per heavy atom. The summed E-state index contributed by atoms with van der Waals surface area (Å²) in [4.78, 5) is 10.8. The molecule has 3 nitrogen and oxygen atoms in total. The Hall–Kier alpha value is -0.830. The number of nitrogens with one attached hydrogen (secondary N) is 1. The van der Waals surface area contributed by atoms with Crippen LogP contribution in [-0.4, -0.2) is 24.2 Å². The normalized spacial score (nSPS) is 10.1. The Kier molecular flexibility index (Phi) is 11.6. The van der Waals surface area contributed by atoms with Crippen LogP contribution in [-0.2, 0) is 4.79 Å². The van der Waals surface area contributed by atoms with E-state index in [1.165, 1.54) is 38.2 Å². The first-order valence-electron chi connectivity index (χ1n) is 6.32. The second-order valence-electron chi connectivity index (χ2n) is 4.05. The van der Waals surface area contributed by atoms with Crippen LogP contribution in [0.5, 0.6) is 0 Å². The predicted octanol–water partition coefficient (Wildman–Crippen LogP) is 2.40. The molecule has 0 fully saturated rings. The molecule has 0 aromatic heterocycles. The molecular weight excluding hydrogens is 202 g/mol. The summed E-state index contributed by atoms with van der Waals surface area (Å²) in [7, 11) is 0. The van der Waals surface area contributed by atoms with Gasteiger partial charge >= 0.3 is 0 Å². The van der Waals surface area contributed by atoms with E-state index in [2.05, 4.69) is 11.9 Å². The van der Waals surface area contributed by atoms with Gasteiger partial charge in [-0.1, -0.05) is 45.1 Å². The van der Waals surface area contributed by atoms with E-state index in [0.717, 1.165) is 25.8 Å². The van der Waals surface area contributed by atoms with E-state index in [9.17, 15) is 4.79 Å². The van der Waals surface area contributed by atoms with Gasteiger partial charge in [0.2, 0.25) is 5.91 Å². The maximum Gasteiger partial charge on any atom is 0.243 e. The molecular formula is C13H25NO2. The van der Waals surface area contributed by atoms with Gasteiger partial charge in [0.25, 0.3) is 0 Å². The van der Waals surface area contributed by atoms with E-state index < -0.39 is 0 Å². The third-order valence-corrected chi connectivity index (χ3v) is 2.57. The van der Waals surface area contributed by atoms with E-state index in [1.54, 1.807) is 0 Å². The summed E-state index contributed by atoms with van der Waals surface area (Å²) in [6.45, 7) is 4.48. The predicted molar refractivity (Wildman–Crippen MR) is 67.2 cm³/mol. The van der Waals surface area contributed by atoms with E-state index in [0.29, 0.717) is 6.61 Å². The van der Waals surface area contributed by atoms with Gasteiger partial charge in [-0.25, -0.2) is 0 Å². The lowest BCUT2D eigenvalue weighted by Crippen LogP contribution is -2.21. The Bertz CT molecular complexity index is 181. The minimum Gasteiger partial charge on any atom is -0.396 e. The Morgan fingerprint density at radius 1 is 1.00 bits per heavy atom.